The Morgan fingerprint density at radius 2 is 2.23 bits per heavy atom. The van der Waals surface area contributed by atoms with E-state index < -0.39 is 5.97 Å². The molecule has 2 nitrogen and oxygen atoms in total. The molecule has 0 aliphatic carbocycles. The molecule has 0 aliphatic rings. The van der Waals surface area contributed by atoms with Crippen LogP contribution in [-0.4, -0.2) is 11.1 Å². The first kappa shape index (κ1) is 9.69. The molecule has 1 aromatic carbocycles. The fourth-order valence-corrected chi connectivity index (χ4v) is 1.33. The largest absolute Gasteiger partial charge is 0.478 e. The van der Waals surface area contributed by atoms with Gasteiger partial charge < -0.3 is 5.11 Å². The van der Waals surface area contributed by atoms with Gasteiger partial charge in [-0.3, -0.25) is 0 Å². The van der Waals surface area contributed by atoms with Crippen molar-refractivity contribution in [1.82, 2.24) is 0 Å². The van der Waals surface area contributed by atoms with Gasteiger partial charge in [-0.2, -0.15) is 0 Å². The number of terminal acetylenes is 1. The third-order valence-corrected chi connectivity index (χ3v) is 2.04. The molecule has 0 bridgehead atoms. The highest BCUT2D eigenvalue weighted by molar-refractivity contribution is 7.80. The molecule has 0 heterocycles. The van der Waals surface area contributed by atoms with Gasteiger partial charge in [0.25, 0.3) is 0 Å². The standard InChI is InChI=1S/C10H8O2S/c1-3-7-4-8(13)5-9(6(7)2)10(11)12/h1,4-5,13H,2H3,(H,11,12). The molecule has 0 amide bonds. The second kappa shape index (κ2) is 3.55. The van der Waals surface area contributed by atoms with Crippen LogP contribution < -0.4 is 0 Å². The van der Waals surface area contributed by atoms with Crippen molar-refractivity contribution in [3.63, 3.8) is 0 Å². The van der Waals surface area contributed by atoms with E-state index in [2.05, 4.69) is 18.5 Å². The Hall–Kier alpha value is -1.40. The van der Waals surface area contributed by atoms with Gasteiger partial charge in [-0.15, -0.1) is 19.1 Å². The second-order valence-electron chi connectivity index (χ2n) is 2.62. The average molecular weight is 192 g/mol. The lowest BCUT2D eigenvalue weighted by atomic mass is 10.0. The lowest BCUT2D eigenvalue weighted by Crippen LogP contribution is -2.01. The lowest BCUT2D eigenvalue weighted by molar-refractivity contribution is 0.0696. The zero-order chi connectivity index (χ0) is 10.0. The molecule has 0 atom stereocenters. The molecule has 0 fully saturated rings. The first-order valence-corrected chi connectivity index (χ1v) is 4.04. The van der Waals surface area contributed by atoms with Crippen LogP contribution >= 0.6 is 12.6 Å². The Morgan fingerprint density at radius 1 is 1.62 bits per heavy atom. The summed E-state index contributed by atoms with van der Waals surface area (Å²) in [6.07, 6.45) is 5.21. The first-order chi connectivity index (χ1) is 6.06. The van der Waals surface area contributed by atoms with Gasteiger partial charge in [-0.1, -0.05) is 5.92 Å². The monoisotopic (exact) mass is 192 g/mol. The molecule has 0 radical (unpaired) electrons. The van der Waals surface area contributed by atoms with Crippen LogP contribution in [0.4, 0.5) is 0 Å². The van der Waals surface area contributed by atoms with E-state index in [1.807, 2.05) is 0 Å². The van der Waals surface area contributed by atoms with Gasteiger partial charge >= 0.3 is 5.97 Å². The number of carbonyl (C=O) groups is 1. The number of benzene rings is 1. The van der Waals surface area contributed by atoms with E-state index in [1.165, 1.54) is 6.07 Å². The number of aromatic carboxylic acids is 1. The van der Waals surface area contributed by atoms with Crippen LogP contribution in [0.1, 0.15) is 21.5 Å². The molecule has 0 aromatic heterocycles. The number of hydrogen-bond acceptors (Lipinski definition) is 2. The summed E-state index contributed by atoms with van der Waals surface area (Å²) in [7, 11) is 0. The van der Waals surface area contributed by atoms with E-state index in [0.29, 0.717) is 16.0 Å². The first-order valence-electron chi connectivity index (χ1n) is 3.59. The summed E-state index contributed by atoms with van der Waals surface area (Å²) < 4.78 is 0. The van der Waals surface area contributed by atoms with Crippen molar-refractivity contribution < 1.29 is 9.90 Å². The van der Waals surface area contributed by atoms with Crippen LogP contribution in [0.5, 0.6) is 0 Å². The number of thiol groups is 1. The van der Waals surface area contributed by atoms with Gasteiger partial charge in [0.05, 0.1) is 5.56 Å². The van der Waals surface area contributed by atoms with Crippen LogP contribution in [0.25, 0.3) is 0 Å². The van der Waals surface area contributed by atoms with E-state index in [1.54, 1.807) is 13.0 Å². The van der Waals surface area contributed by atoms with Crippen LogP contribution in [-0.2, 0) is 0 Å². The van der Waals surface area contributed by atoms with Gasteiger partial charge in [0, 0.05) is 10.5 Å². The van der Waals surface area contributed by atoms with Crippen molar-refractivity contribution in [2.75, 3.05) is 0 Å². The van der Waals surface area contributed by atoms with Crippen LogP contribution in [0.2, 0.25) is 0 Å². The molecule has 1 N–H and O–H groups in total. The minimum atomic E-state index is -0.982. The van der Waals surface area contributed by atoms with Crippen molar-refractivity contribution >= 4 is 18.6 Å². The highest BCUT2D eigenvalue weighted by Crippen LogP contribution is 2.18. The SMILES string of the molecule is C#Cc1cc(S)cc(C(=O)O)c1C. The van der Waals surface area contributed by atoms with Crippen molar-refractivity contribution in [1.29, 1.82) is 0 Å². The van der Waals surface area contributed by atoms with Gasteiger partial charge in [0.1, 0.15) is 0 Å². The second-order valence-corrected chi connectivity index (χ2v) is 3.13. The summed E-state index contributed by atoms with van der Waals surface area (Å²) >= 11 is 4.06. The van der Waals surface area contributed by atoms with E-state index in [9.17, 15) is 4.79 Å². The summed E-state index contributed by atoms with van der Waals surface area (Å²) in [4.78, 5) is 11.3. The highest BCUT2D eigenvalue weighted by Gasteiger charge is 2.10. The van der Waals surface area contributed by atoms with Crippen molar-refractivity contribution in [3.05, 3.63) is 28.8 Å². The molecule has 66 valence electrons. The number of rotatable bonds is 1. The van der Waals surface area contributed by atoms with Crippen LogP contribution in [0.15, 0.2) is 17.0 Å². The molecule has 0 spiro atoms. The summed E-state index contributed by atoms with van der Waals surface area (Å²) in [6, 6.07) is 3.16. The summed E-state index contributed by atoms with van der Waals surface area (Å²) in [6.45, 7) is 1.69. The maximum Gasteiger partial charge on any atom is 0.336 e. The van der Waals surface area contributed by atoms with Gasteiger partial charge in [-0.25, -0.2) is 4.79 Å². The maximum atomic E-state index is 10.7. The minimum absolute atomic E-state index is 0.209. The summed E-state index contributed by atoms with van der Waals surface area (Å²) in [5.41, 5.74) is 1.39. The third kappa shape index (κ3) is 1.85. The van der Waals surface area contributed by atoms with Gasteiger partial charge in [0.15, 0.2) is 0 Å². The Bertz CT molecular complexity index is 402. The van der Waals surface area contributed by atoms with Crippen LogP contribution in [0.3, 0.4) is 0 Å². The van der Waals surface area contributed by atoms with E-state index in [-0.39, 0.29) is 5.56 Å². The Morgan fingerprint density at radius 3 is 2.69 bits per heavy atom. The number of hydrogen-bond donors (Lipinski definition) is 2. The zero-order valence-corrected chi connectivity index (χ0v) is 7.93. The smallest absolute Gasteiger partial charge is 0.336 e. The topological polar surface area (TPSA) is 37.3 Å². The number of carboxylic acids is 1. The zero-order valence-electron chi connectivity index (χ0n) is 7.03. The molecule has 0 saturated heterocycles. The van der Waals surface area contributed by atoms with Crippen molar-refractivity contribution in [3.8, 4) is 12.3 Å². The van der Waals surface area contributed by atoms with Gasteiger partial charge in [-0.05, 0) is 24.6 Å². The Kier molecular flexibility index (Phi) is 2.64. The maximum absolute atomic E-state index is 10.7. The lowest BCUT2D eigenvalue weighted by Gasteiger charge is -2.04. The normalized spacial score (nSPS) is 9.31. The molecule has 13 heavy (non-hydrogen) atoms. The third-order valence-electron chi connectivity index (χ3n) is 1.78. The minimum Gasteiger partial charge on any atom is -0.478 e. The van der Waals surface area contributed by atoms with Crippen molar-refractivity contribution in [2.24, 2.45) is 0 Å². The number of carboxylic acid groups (broad SMARTS) is 1. The summed E-state index contributed by atoms with van der Waals surface area (Å²) in [5.74, 6) is 1.44. The molecular weight excluding hydrogens is 184 g/mol. The Labute approximate surface area is 82.0 Å². The molecule has 3 heteroatoms. The fraction of sp³-hybridized carbons (Fsp3) is 0.100. The predicted octanol–water partition coefficient (Wildman–Crippen LogP) is 1.96. The highest BCUT2D eigenvalue weighted by atomic mass is 32.1. The summed E-state index contributed by atoms with van der Waals surface area (Å²) in [5, 5.41) is 8.81. The molecule has 0 saturated carbocycles. The molecular formula is C10H8O2S. The fourth-order valence-electron chi connectivity index (χ4n) is 1.07. The van der Waals surface area contributed by atoms with Crippen molar-refractivity contribution in [2.45, 2.75) is 11.8 Å². The molecule has 1 aromatic rings. The Balaban J connectivity index is 3.47. The molecule has 0 unspecified atom stereocenters. The quantitative estimate of drug-likeness (QED) is 0.527. The van der Waals surface area contributed by atoms with E-state index in [0.717, 1.165) is 0 Å². The molecule has 1 rings (SSSR count). The average Bonchev–Trinajstić information content (AvgIpc) is 2.08. The predicted molar refractivity (Wildman–Crippen MR) is 53.3 cm³/mol. The van der Waals surface area contributed by atoms with Gasteiger partial charge in [0.2, 0.25) is 0 Å². The van der Waals surface area contributed by atoms with E-state index >= 15 is 0 Å². The molecule has 0 aliphatic heterocycles. The van der Waals surface area contributed by atoms with E-state index in [4.69, 9.17) is 11.5 Å². The van der Waals surface area contributed by atoms with Crippen LogP contribution in [0, 0.1) is 19.3 Å².